The van der Waals surface area contributed by atoms with Crippen molar-refractivity contribution in [2.45, 2.75) is 57.9 Å². The molecule has 0 radical (unpaired) electrons. The minimum absolute atomic E-state index is 0.0480. The Hall–Kier alpha value is -1.39. The van der Waals surface area contributed by atoms with Crippen LogP contribution >= 0.6 is 0 Å². The standard InChI is InChI=1S/C14H21N3O2/c1-9-7-10(11(8-9)14(18)19)13-16-15-12-5-3-2-4-6-17(12)13/h9-11H,2-8H2,1H3,(H,18,19). The van der Waals surface area contributed by atoms with Crippen LogP contribution in [0.3, 0.4) is 0 Å². The first-order chi connectivity index (χ1) is 9.16. The minimum atomic E-state index is -0.680. The summed E-state index contributed by atoms with van der Waals surface area (Å²) in [6.45, 7) is 3.09. The molecule has 1 aliphatic heterocycles. The first kappa shape index (κ1) is 12.6. The van der Waals surface area contributed by atoms with Gasteiger partial charge in [0.25, 0.3) is 0 Å². The Balaban J connectivity index is 1.93. The Kier molecular flexibility index (Phi) is 3.29. The molecule has 0 bridgehead atoms. The van der Waals surface area contributed by atoms with Gasteiger partial charge in [-0.25, -0.2) is 0 Å². The number of nitrogens with zero attached hydrogens (tertiary/aromatic N) is 3. The number of hydrogen-bond donors (Lipinski definition) is 1. The zero-order chi connectivity index (χ0) is 13.4. The van der Waals surface area contributed by atoms with E-state index in [0.717, 1.165) is 43.9 Å². The van der Waals surface area contributed by atoms with Crippen molar-refractivity contribution in [3.63, 3.8) is 0 Å². The highest BCUT2D eigenvalue weighted by atomic mass is 16.4. The second-order valence-corrected chi connectivity index (χ2v) is 6.06. The van der Waals surface area contributed by atoms with E-state index in [4.69, 9.17) is 0 Å². The third-order valence-electron chi connectivity index (χ3n) is 4.59. The van der Waals surface area contributed by atoms with Gasteiger partial charge in [-0.2, -0.15) is 0 Å². The lowest BCUT2D eigenvalue weighted by Crippen LogP contribution is -2.20. The number of carboxylic acids is 1. The maximum absolute atomic E-state index is 11.4. The maximum Gasteiger partial charge on any atom is 0.307 e. The van der Waals surface area contributed by atoms with Crippen molar-refractivity contribution in [2.75, 3.05) is 0 Å². The topological polar surface area (TPSA) is 68.0 Å². The third kappa shape index (κ3) is 2.26. The van der Waals surface area contributed by atoms with Crippen LogP contribution < -0.4 is 0 Å². The number of carbonyl (C=O) groups is 1. The fourth-order valence-electron chi connectivity index (χ4n) is 3.63. The van der Waals surface area contributed by atoms with E-state index in [1.54, 1.807) is 0 Å². The smallest absolute Gasteiger partial charge is 0.307 e. The summed E-state index contributed by atoms with van der Waals surface area (Å²) >= 11 is 0. The van der Waals surface area contributed by atoms with Gasteiger partial charge in [-0.3, -0.25) is 4.79 Å². The number of aromatic nitrogens is 3. The SMILES string of the molecule is CC1CC(C(=O)O)C(c2nnc3n2CCCCC3)C1. The van der Waals surface area contributed by atoms with Gasteiger partial charge in [0.1, 0.15) is 11.6 Å². The highest BCUT2D eigenvalue weighted by Gasteiger charge is 2.40. The maximum atomic E-state index is 11.4. The summed E-state index contributed by atoms with van der Waals surface area (Å²) in [5.74, 6) is 1.52. The van der Waals surface area contributed by atoms with Crippen LogP contribution in [-0.4, -0.2) is 25.8 Å². The highest BCUT2D eigenvalue weighted by Crippen LogP contribution is 2.42. The number of aliphatic carboxylic acids is 1. The van der Waals surface area contributed by atoms with Crippen molar-refractivity contribution >= 4 is 5.97 Å². The molecule has 3 unspecified atom stereocenters. The number of hydrogen-bond acceptors (Lipinski definition) is 3. The molecule has 0 saturated heterocycles. The van der Waals surface area contributed by atoms with Gasteiger partial charge in [0, 0.05) is 18.9 Å². The molecule has 1 saturated carbocycles. The van der Waals surface area contributed by atoms with Crippen LogP contribution in [0.4, 0.5) is 0 Å². The van der Waals surface area contributed by atoms with Crippen LogP contribution in [0.25, 0.3) is 0 Å². The van der Waals surface area contributed by atoms with Gasteiger partial charge in [0.15, 0.2) is 0 Å². The third-order valence-corrected chi connectivity index (χ3v) is 4.59. The number of carboxylic acid groups (broad SMARTS) is 1. The van der Waals surface area contributed by atoms with Gasteiger partial charge in [0.05, 0.1) is 5.92 Å². The van der Waals surface area contributed by atoms with Gasteiger partial charge in [0.2, 0.25) is 0 Å². The van der Waals surface area contributed by atoms with Gasteiger partial charge in [-0.15, -0.1) is 10.2 Å². The molecule has 0 aromatic carbocycles. The van der Waals surface area contributed by atoms with Crippen LogP contribution in [0.5, 0.6) is 0 Å². The van der Waals surface area contributed by atoms with Gasteiger partial charge in [-0.05, 0) is 31.6 Å². The lowest BCUT2D eigenvalue weighted by atomic mass is 9.95. The van der Waals surface area contributed by atoms with E-state index in [1.165, 1.54) is 12.8 Å². The van der Waals surface area contributed by atoms with Crippen LogP contribution in [-0.2, 0) is 17.8 Å². The van der Waals surface area contributed by atoms with E-state index in [-0.39, 0.29) is 11.8 Å². The largest absolute Gasteiger partial charge is 0.481 e. The monoisotopic (exact) mass is 263 g/mol. The normalized spacial score (nSPS) is 30.9. The summed E-state index contributed by atoms with van der Waals surface area (Å²) in [6.07, 6.45) is 6.22. The first-order valence-electron chi connectivity index (χ1n) is 7.31. The van der Waals surface area contributed by atoms with E-state index in [1.807, 2.05) is 0 Å². The Morgan fingerprint density at radius 1 is 1.26 bits per heavy atom. The number of fused-ring (bicyclic) bond motifs is 1. The van der Waals surface area contributed by atoms with Crippen molar-refractivity contribution in [3.8, 4) is 0 Å². The molecule has 1 aliphatic carbocycles. The average Bonchev–Trinajstić information content (AvgIpc) is 2.86. The molecule has 1 fully saturated rings. The van der Waals surface area contributed by atoms with Crippen molar-refractivity contribution in [3.05, 3.63) is 11.6 Å². The van der Waals surface area contributed by atoms with Crippen molar-refractivity contribution < 1.29 is 9.90 Å². The molecule has 2 heterocycles. The fraction of sp³-hybridized carbons (Fsp3) is 0.786. The molecule has 1 N–H and O–H groups in total. The molecule has 1 aromatic heterocycles. The lowest BCUT2D eigenvalue weighted by Gasteiger charge is -2.16. The lowest BCUT2D eigenvalue weighted by molar-refractivity contribution is -0.142. The van der Waals surface area contributed by atoms with Crippen molar-refractivity contribution in [2.24, 2.45) is 11.8 Å². The molecule has 0 amide bonds. The summed E-state index contributed by atoms with van der Waals surface area (Å²) in [5.41, 5.74) is 0. The second-order valence-electron chi connectivity index (χ2n) is 6.06. The Morgan fingerprint density at radius 3 is 2.89 bits per heavy atom. The molecule has 19 heavy (non-hydrogen) atoms. The quantitative estimate of drug-likeness (QED) is 0.888. The molecule has 5 nitrogen and oxygen atoms in total. The van der Waals surface area contributed by atoms with E-state index in [9.17, 15) is 9.90 Å². The predicted octanol–water partition coefficient (Wildman–Crippen LogP) is 2.22. The molecule has 1 aromatic rings. The van der Waals surface area contributed by atoms with Crippen molar-refractivity contribution in [1.82, 2.24) is 14.8 Å². The fourth-order valence-corrected chi connectivity index (χ4v) is 3.63. The van der Waals surface area contributed by atoms with Crippen molar-refractivity contribution in [1.29, 1.82) is 0 Å². The number of aryl methyl sites for hydroxylation is 1. The molecular weight excluding hydrogens is 242 g/mol. The highest BCUT2D eigenvalue weighted by molar-refractivity contribution is 5.71. The molecule has 5 heteroatoms. The van der Waals surface area contributed by atoms with E-state index < -0.39 is 5.97 Å². The van der Waals surface area contributed by atoms with E-state index >= 15 is 0 Å². The summed E-state index contributed by atoms with van der Waals surface area (Å²) in [6, 6.07) is 0. The van der Waals surface area contributed by atoms with Crippen LogP contribution in [0.2, 0.25) is 0 Å². The number of rotatable bonds is 2. The predicted molar refractivity (Wildman–Crippen MR) is 69.8 cm³/mol. The second kappa shape index (κ2) is 4.94. The van der Waals surface area contributed by atoms with Gasteiger partial charge < -0.3 is 9.67 Å². The Bertz CT molecular complexity index is 483. The molecule has 2 aliphatic rings. The molecule has 3 rings (SSSR count). The minimum Gasteiger partial charge on any atom is -0.481 e. The average molecular weight is 263 g/mol. The Labute approximate surface area is 113 Å². The summed E-state index contributed by atoms with van der Waals surface area (Å²) in [7, 11) is 0. The van der Waals surface area contributed by atoms with Crippen LogP contribution in [0.15, 0.2) is 0 Å². The summed E-state index contributed by atoms with van der Waals surface area (Å²) < 4.78 is 2.20. The first-order valence-corrected chi connectivity index (χ1v) is 7.31. The van der Waals surface area contributed by atoms with Gasteiger partial charge in [-0.1, -0.05) is 13.3 Å². The summed E-state index contributed by atoms with van der Waals surface area (Å²) in [5, 5.41) is 18.0. The Morgan fingerprint density at radius 2 is 2.11 bits per heavy atom. The van der Waals surface area contributed by atoms with Crippen LogP contribution in [0, 0.1) is 11.8 Å². The molecule has 3 atom stereocenters. The molecule has 0 spiro atoms. The summed E-state index contributed by atoms with van der Waals surface area (Å²) in [4.78, 5) is 11.4. The zero-order valence-corrected chi connectivity index (χ0v) is 11.4. The molecular formula is C14H21N3O2. The van der Waals surface area contributed by atoms with E-state index in [0.29, 0.717) is 5.92 Å². The molecule has 104 valence electrons. The zero-order valence-electron chi connectivity index (χ0n) is 11.4. The van der Waals surface area contributed by atoms with Gasteiger partial charge >= 0.3 is 5.97 Å². The van der Waals surface area contributed by atoms with E-state index in [2.05, 4.69) is 21.7 Å². The van der Waals surface area contributed by atoms with Crippen LogP contribution in [0.1, 0.15) is 56.6 Å².